The number of nitrogens with one attached hydrogen (secondary N) is 1. The molecular weight excluding hydrogens is 164 g/mol. The van der Waals surface area contributed by atoms with E-state index in [4.69, 9.17) is 5.73 Å². The van der Waals surface area contributed by atoms with Crippen LogP contribution in [-0.4, -0.2) is 30.3 Å². The van der Waals surface area contributed by atoms with Crippen LogP contribution in [0.3, 0.4) is 0 Å². The predicted molar refractivity (Wildman–Crippen MR) is 52.3 cm³/mol. The van der Waals surface area contributed by atoms with Gasteiger partial charge in [0.2, 0.25) is 0 Å². The Balaban J connectivity index is 2.13. The van der Waals surface area contributed by atoms with Crippen LogP contribution in [0.5, 0.6) is 0 Å². The summed E-state index contributed by atoms with van der Waals surface area (Å²) in [5.74, 6) is 0.434. The second kappa shape index (κ2) is 2.94. The van der Waals surface area contributed by atoms with Gasteiger partial charge in [-0.1, -0.05) is 6.92 Å². The van der Waals surface area contributed by atoms with Crippen molar-refractivity contribution >= 4 is 0 Å². The maximum atomic E-state index is 10.6. The zero-order valence-electron chi connectivity index (χ0n) is 8.34. The zero-order chi connectivity index (χ0) is 9.53. The molecule has 0 aromatic carbocycles. The molecule has 4 N–H and O–H groups in total. The molecule has 76 valence electrons. The summed E-state index contributed by atoms with van der Waals surface area (Å²) >= 11 is 0. The van der Waals surface area contributed by atoms with Crippen LogP contribution in [0.15, 0.2) is 0 Å². The van der Waals surface area contributed by atoms with Gasteiger partial charge in [-0.3, -0.25) is 0 Å². The van der Waals surface area contributed by atoms with E-state index in [9.17, 15) is 5.11 Å². The first kappa shape index (κ1) is 9.44. The molecule has 1 unspecified atom stereocenters. The van der Waals surface area contributed by atoms with Gasteiger partial charge in [-0.15, -0.1) is 0 Å². The van der Waals surface area contributed by atoms with Gasteiger partial charge in [0.15, 0.2) is 0 Å². The molecule has 0 amide bonds. The molecule has 0 radical (unpaired) electrons. The zero-order valence-corrected chi connectivity index (χ0v) is 8.34. The summed E-state index contributed by atoms with van der Waals surface area (Å²) in [5.41, 5.74) is 5.34. The molecule has 1 saturated carbocycles. The Morgan fingerprint density at radius 2 is 2.15 bits per heavy atom. The maximum Gasteiger partial charge on any atom is 0.0765 e. The van der Waals surface area contributed by atoms with Crippen molar-refractivity contribution in [1.29, 1.82) is 0 Å². The Kier molecular flexibility index (Phi) is 2.13. The molecule has 1 saturated heterocycles. The number of aliphatic hydroxyl groups is 1. The van der Waals surface area contributed by atoms with Crippen molar-refractivity contribution in [1.82, 2.24) is 5.32 Å². The smallest absolute Gasteiger partial charge is 0.0765 e. The Morgan fingerprint density at radius 3 is 2.38 bits per heavy atom. The number of nitrogens with two attached hydrogens (primary N) is 1. The third-order valence-electron chi connectivity index (χ3n) is 4.16. The number of hydrogen-bond donors (Lipinski definition) is 3. The summed E-state index contributed by atoms with van der Waals surface area (Å²) in [4.78, 5) is 0. The average molecular weight is 184 g/mol. The fourth-order valence-electron chi connectivity index (χ4n) is 2.69. The normalized spacial score (nSPS) is 30.7. The van der Waals surface area contributed by atoms with Crippen molar-refractivity contribution in [3.63, 3.8) is 0 Å². The van der Waals surface area contributed by atoms with Crippen LogP contribution < -0.4 is 11.1 Å². The molecule has 0 aromatic heterocycles. The molecule has 2 rings (SSSR count). The minimum absolute atomic E-state index is 0.0640. The van der Waals surface area contributed by atoms with Crippen LogP contribution in [0.4, 0.5) is 0 Å². The maximum absolute atomic E-state index is 10.6. The van der Waals surface area contributed by atoms with Gasteiger partial charge in [0.25, 0.3) is 0 Å². The quantitative estimate of drug-likeness (QED) is 0.580. The van der Waals surface area contributed by atoms with Crippen molar-refractivity contribution in [2.24, 2.45) is 17.1 Å². The topological polar surface area (TPSA) is 58.3 Å². The highest BCUT2D eigenvalue weighted by Crippen LogP contribution is 2.57. The Labute approximate surface area is 79.7 Å². The second-order valence-corrected chi connectivity index (χ2v) is 4.62. The van der Waals surface area contributed by atoms with Crippen LogP contribution >= 0.6 is 0 Å². The van der Waals surface area contributed by atoms with Crippen LogP contribution in [0.1, 0.15) is 26.2 Å². The summed E-state index contributed by atoms with van der Waals surface area (Å²) in [5, 5.41) is 13.8. The number of rotatable bonds is 4. The third-order valence-corrected chi connectivity index (χ3v) is 4.16. The van der Waals surface area contributed by atoms with E-state index in [1.165, 1.54) is 0 Å². The van der Waals surface area contributed by atoms with E-state index >= 15 is 0 Å². The van der Waals surface area contributed by atoms with Gasteiger partial charge in [0.1, 0.15) is 0 Å². The summed E-state index contributed by atoms with van der Waals surface area (Å²) in [6, 6.07) is 0. The van der Waals surface area contributed by atoms with E-state index in [0.717, 1.165) is 32.4 Å². The molecule has 3 nitrogen and oxygen atoms in total. The molecule has 2 fully saturated rings. The third kappa shape index (κ3) is 1.14. The lowest BCUT2D eigenvalue weighted by Gasteiger charge is -2.46. The van der Waals surface area contributed by atoms with E-state index in [1.54, 1.807) is 0 Å². The van der Waals surface area contributed by atoms with E-state index in [-0.39, 0.29) is 5.41 Å². The lowest BCUT2D eigenvalue weighted by Crippen LogP contribution is -2.61. The minimum Gasteiger partial charge on any atom is -0.389 e. The van der Waals surface area contributed by atoms with Gasteiger partial charge in [-0.25, -0.2) is 0 Å². The second-order valence-electron chi connectivity index (χ2n) is 4.62. The lowest BCUT2D eigenvalue weighted by molar-refractivity contribution is -0.0984. The van der Waals surface area contributed by atoms with Crippen LogP contribution in [0.25, 0.3) is 0 Å². The van der Waals surface area contributed by atoms with Crippen molar-refractivity contribution in [2.45, 2.75) is 31.8 Å². The van der Waals surface area contributed by atoms with Gasteiger partial charge < -0.3 is 16.2 Å². The Morgan fingerprint density at radius 1 is 1.54 bits per heavy atom. The first-order valence-electron chi connectivity index (χ1n) is 5.32. The highest BCUT2D eigenvalue weighted by Gasteiger charge is 2.60. The fraction of sp³-hybridized carbons (Fsp3) is 1.00. The average Bonchev–Trinajstić information content (AvgIpc) is 2.81. The molecular formula is C10H20N2O. The van der Waals surface area contributed by atoms with Crippen LogP contribution in [0, 0.1) is 11.3 Å². The van der Waals surface area contributed by atoms with E-state index in [0.29, 0.717) is 12.5 Å². The van der Waals surface area contributed by atoms with Gasteiger partial charge in [0, 0.05) is 31.0 Å². The predicted octanol–water partition coefficient (Wildman–Crippen LogP) is 0.0858. The van der Waals surface area contributed by atoms with E-state index < -0.39 is 5.60 Å². The van der Waals surface area contributed by atoms with Crippen LogP contribution in [-0.2, 0) is 0 Å². The molecule has 1 aliphatic heterocycles. The summed E-state index contributed by atoms with van der Waals surface area (Å²) in [6.45, 7) is 4.65. The molecule has 13 heavy (non-hydrogen) atoms. The van der Waals surface area contributed by atoms with Gasteiger partial charge in [0.05, 0.1) is 5.60 Å². The van der Waals surface area contributed by atoms with Gasteiger partial charge in [-0.05, 0) is 19.3 Å². The molecule has 1 heterocycles. The first-order valence-corrected chi connectivity index (χ1v) is 5.32. The molecule has 0 bridgehead atoms. The van der Waals surface area contributed by atoms with Crippen LogP contribution in [0.2, 0.25) is 0 Å². The van der Waals surface area contributed by atoms with E-state index in [2.05, 4.69) is 12.2 Å². The molecule has 2 aliphatic rings. The minimum atomic E-state index is -0.493. The largest absolute Gasteiger partial charge is 0.389 e. The fourth-order valence-corrected chi connectivity index (χ4v) is 2.69. The molecule has 1 atom stereocenters. The van der Waals surface area contributed by atoms with Gasteiger partial charge in [-0.2, -0.15) is 0 Å². The van der Waals surface area contributed by atoms with Crippen molar-refractivity contribution < 1.29 is 5.11 Å². The standard InChI is InChI=1S/C10H20N2O/c1-2-10(13,8-5-12-6-8)9(7-11)3-4-9/h8,12-13H,2-7,11H2,1H3. The highest BCUT2D eigenvalue weighted by atomic mass is 16.3. The highest BCUT2D eigenvalue weighted by molar-refractivity contribution is 5.13. The Bertz CT molecular complexity index is 199. The summed E-state index contributed by atoms with van der Waals surface area (Å²) in [6.07, 6.45) is 3.07. The molecule has 3 heteroatoms. The molecule has 1 aliphatic carbocycles. The van der Waals surface area contributed by atoms with Gasteiger partial charge >= 0.3 is 0 Å². The van der Waals surface area contributed by atoms with Crippen molar-refractivity contribution in [3.05, 3.63) is 0 Å². The first-order chi connectivity index (χ1) is 6.18. The molecule has 0 spiro atoms. The SMILES string of the molecule is CCC(O)(C1CNC1)C1(CN)CC1. The summed E-state index contributed by atoms with van der Waals surface area (Å²) < 4.78 is 0. The van der Waals surface area contributed by atoms with Crippen molar-refractivity contribution in [2.75, 3.05) is 19.6 Å². The van der Waals surface area contributed by atoms with Crippen molar-refractivity contribution in [3.8, 4) is 0 Å². The molecule has 0 aromatic rings. The number of hydrogen-bond acceptors (Lipinski definition) is 3. The lowest BCUT2D eigenvalue weighted by atomic mass is 9.70. The Hall–Kier alpha value is -0.120. The monoisotopic (exact) mass is 184 g/mol. The summed E-state index contributed by atoms with van der Waals surface area (Å²) in [7, 11) is 0. The van der Waals surface area contributed by atoms with E-state index in [1.807, 2.05) is 0 Å².